The maximum atomic E-state index is 14.6. The number of amides is 2. The molecule has 3 aromatic carbocycles. The molecule has 1 N–H and O–H groups in total. The number of anilines is 2. The van der Waals surface area contributed by atoms with Crippen LogP contribution in [0.1, 0.15) is 26.3 Å². The van der Waals surface area contributed by atoms with E-state index in [1.807, 2.05) is 5.32 Å². The minimum Gasteiger partial charge on any atom is -0.320 e. The second kappa shape index (κ2) is 11.9. The van der Waals surface area contributed by atoms with Gasteiger partial charge in [0, 0.05) is 33.2 Å². The summed E-state index contributed by atoms with van der Waals surface area (Å²) >= 11 is 1.28. The van der Waals surface area contributed by atoms with Crippen LogP contribution in [0, 0.1) is 11.6 Å². The number of thioether (sulfide) groups is 1. The summed E-state index contributed by atoms with van der Waals surface area (Å²) in [5.41, 5.74) is -16.1. The summed E-state index contributed by atoms with van der Waals surface area (Å²) in [5.74, 6) is -4.89. The van der Waals surface area contributed by atoms with Crippen molar-refractivity contribution in [1.29, 1.82) is 0 Å². The Balaban J connectivity index is 2.05. The monoisotopic (exact) mass is 712 g/mol. The van der Waals surface area contributed by atoms with Crippen LogP contribution in [-0.4, -0.2) is 36.7 Å². The summed E-state index contributed by atoms with van der Waals surface area (Å²) in [6.45, 7) is 0. The lowest BCUT2D eigenvalue weighted by atomic mass is 9.94. The molecule has 18 heteroatoms. The normalized spacial score (nSPS) is 12.7. The fourth-order valence-corrected chi connectivity index (χ4v) is 5.01. The highest BCUT2D eigenvalue weighted by Gasteiger charge is 2.73. The maximum absolute atomic E-state index is 14.6. The number of rotatable bonds is 6. The van der Waals surface area contributed by atoms with Crippen molar-refractivity contribution >= 4 is 50.9 Å². The Morgan fingerprint density at radius 3 is 1.86 bits per heavy atom. The quantitative estimate of drug-likeness (QED) is 0.205. The Bertz CT molecular complexity index is 1520. The highest BCUT2D eigenvalue weighted by Crippen LogP contribution is 2.55. The van der Waals surface area contributed by atoms with E-state index in [1.54, 1.807) is 0 Å². The third-order valence-corrected chi connectivity index (χ3v) is 7.07. The smallest absolute Gasteiger partial charge is 0.320 e. The molecule has 43 heavy (non-hydrogen) atoms. The lowest BCUT2D eigenvalue weighted by molar-refractivity contribution is -0.348. The van der Waals surface area contributed by atoms with Gasteiger partial charge in [-0.15, -0.1) is 0 Å². The molecule has 0 heterocycles. The van der Waals surface area contributed by atoms with Crippen molar-refractivity contribution in [2.24, 2.45) is 0 Å². The van der Waals surface area contributed by atoms with Gasteiger partial charge in [-0.25, -0.2) is 13.2 Å². The van der Waals surface area contributed by atoms with Crippen molar-refractivity contribution in [2.75, 3.05) is 17.3 Å². The molecule has 0 bridgehead atoms. The molecule has 0 aliphatic rings. The fourth-order valence-electron chi connectivity index (χ4n) is 3.62. The molecule has 3 rings (SSSR count). The minimum absolute atomic E-state index is 0.0805. The molecular weight excluding hydrogens is 700 g/mol. The number of nitrogens with zero attached hydrogens (tertiary/aromatic N) is 1. The maximum Gasteiger partial charge on any atom is 0.446 e. The van der Waals surface area contributed by atoms with E-state index in [9.17, 15) is 62.3 Å². The lowest BCUT2D eigenvalue weighted by Gasteiger charge is -2.31. The van der Waals surface area contributed by atoms with Crippen LogP contribution in [-0.2, 0) is 5.67 Å². The molecule has 0 spiro atoms. The van der Waals surface area contributed by atoms with E-state index in [0.717, 1.165) is 48.3 Å². The number of nitrogens with one attached hydrogen (secondary N) is 1. The highest BCUT2D eigenvalue weighted by atomic mass is 79.9. The number of halogens is 13. The van der Waals surface area contributed by atoms with Crippen LogP contribution in [0.4, 0.5) is 64.1 Å². The third-order valence-electron chi connectivity index (χ3n) is 5.67. The Morgan fingerprint density at radius 2 is 1.35 bits per heavy atom. The molecular formula is C25H13BrF12N2O2S. The molecule has 0 saturated heterocycles. The van der Waals surface area contributed by atoms with Gasteiger partial charge in [-0.3, -0.25) is 9.59 Å². The number of alkyl halides is 10. The lowest BCUT2D eigenvalue weighted by Crippen LogP contribution is -2.50. The average molecular weight is 713 g/mol. The second-order valence-corrected chi connectivity index (χ2v) is 10.5. The zero-order valence-electron chi connectivity index (χ0n) is 20.8. The van der Waals surface area contributed by atoms with E-state index in [2.05, 4.69) is 15.9 Å². The van der Waals surface area contributed by atoms with Gasteiger partial charge in [0.15, 0.2) is 0 Å². The molecule has 0 aliphatic carbocycles. The van der Waals surface area contributed by atoms with Gasteiger partial charge in [0.2, 0.25) is 0 Å². The van der Waals surface area contributed by atoms with E-state index in [4.69, 9.17) is 0 Å². The summed E-state index contributed by atoms with van der Waals surface area (Å²) in [6, 6.07) is 6.56. The van der Waals surface area contributed by atoms with Crippen LogP contribution in [0.25, 0.3) is 0 Å². The van der Waals surface area contributed by atoms with Crippen LogP contribution in [0.5, 0.6) is 0 Å². The Kier molecular flexibility index (Phi) is 9.46. The predicted molar refractivity (Wildman–Crippen MR) is 134 cm³/mol. The topological polar surface area (TPSA) is 49.4 Å². The van der Waals surface area contributed by atoms with Crippen LogP contribution in [0.15, 0.2) is 64.0 Å². The van der Waals surface area contributed by atoms with Crippen molar-refractivity contribution in [2.45, 2.75) is 28.4 Å². The molecule has 0 aliphatic heterocycles. The minimum atomic E-state index is -6.63. The first-order chi connectivity index (χ1) is 19.6. The first kappa shape index (κ1) is 34.1. The number of hydrogen-bond donors (Lipinski definition) is 1. The summed E-state index contributed by atoms with van der Waals surface area (Å²) in [5, 5.41) is 1.90. The Hall–Kier alpha value is -3.41. The zero-order valence-corrected chi connectivity index (χ0v) is 23.2. The molecule has 0 aromatic heterocycles. The molecule has 0 unspecified atom stereocenters. The van der Waals surface area contributed by atoms with E-state index < -0.39 is 90.5 Å². The summed E-state index contributed by atoms with van der Waals surface area (Å²) < 4.78 is 161. The van der Waals surface area contributed by atoms with E-state index in [-0.39, 0.29) is 17.8 Å². The third kappa shape index (κ3) is 7.05. The van der Waals surface area contributed by atoms with E-state index >= 15 is 0 Å². The van der Waals surface area contributed by atoms with Gasteiger partial charge in [-0.2, -0.15) is 39.5 Å². The SMILES string of the molecule is CN(C(=O)c1c(F)cccc1F)c1cccc(C(=O)Nc2c(Br)cc(C(F)(C(F)(F)F)C(F)(F)F)cc2SC(F)(F)F)c1. The number of hydrogen-bond acceptors (Lipinski definition) is 3. The molecule has 0 fully saturated rings. The van der Waals surface area contributed by atoms with Gasteiger partial charge in [-0.05, 0) is 70.2 Å². The highest BCUT2D eigenvalue weighted by molar-refractivity contribution is 9.10. The number of carbonyl (C=O) groups excluding carboxylic acids is 2. The fraction of sp³-hybridized carbons (Fsp3) is 0.200. The van der Waals surface area contributed by atoms with Gasteiger partial charge in [0.25, 0.3) is 11.8 Å². The van der Waals surface area contributed by atoms with Crippen LogP contribution in [0.3, 0.4) is 0 Å². The first-order valence-electron chi connectivity index (χ1n) is 11.1. The summed E-state index contributed by atoms with van der Waals surface area (Å²) in [4.78, 5) is 24.9. The molecule has 2 amide bonds. The standard InChI is InChI=1S/C25H13BrF12N2O2S/c1-40(21(42)18-15(27)6-3-7-16(18)28)13-5-2-4-11(8-13)20(41)39-19-14(26)9-12(10-17(19)43-25(36,37)38)22(29,23(30,31)32)24(33,34)35/h2-10H,1H3,(H,39,41). The predicted octanol–water partition coefficient (Wildman–Crippen LogP) is 9.16. The van der Waals surface area contributed by atoms with Gasteiger partial charge in [-0.1, -0.05) is 12.1 Å². The largest absolute Gasteiger partial charge is 0.446 e. The van der Waals surface area contributed by atoms with Crippen LogP contribution >= 0.6 is 27.7 Å². The zero-order chi connectivity index (χ0) is 32.7. The van der Waals surface area contributed by atoms with Crippen molar-refractivity contribution in [3.05, 3.63) is 87.4 Å². The molecule has 4 nitrogen and oxygen atoms in total. The molecule has 0 radical (unpaired) electrons. The summed E-state index contributed by atoms with van der Waals surface area (Å²) in [7, 11) is 1.07. The van der Waals surface area contributed by atoms with E-state index in [0.29, 0.717) is 0 Å². The Labute approximate surface area is 246 Å². The number of benzene rings is 3. The van der Waals surface area contributed by atoms with Crippen molar-refractivity contribution in [1.82, 2.24) is 0 Å². The summed E-state index contributed by atoms with van der Waals surface area (Å²) in [6.07, 6.45) is -13.3. The van der Waals surface area contributed by atoms with Crippen molar-refractivity contribution in [3.63, 3.8) is 0 Å². The Morgan fingerprint density at radius 1 is 0.814 bits per heavy atom. The van der Waals surface area contributed by atoms with Gasteiger partial charge in [0.05, 0.1) is 5.69 Å². The molecule has 0 atom stereocenters. The number of carbonyl (C=O) groups is 2. The van der Waals surface area contributed by atoms with Crippen molar-refractivity contribution in [3.8, 4) is 0 Å². The second-order valence-electron chi connectivity index (χ2n) is 8.50. The van der Waals surface area contributed by atoms with E-state index in [1.165, 1.54) is 6.07 Å². The van der Waals surface area contributed by atoms with Gasteiger partial charge < -0.3 is 10.2 Å². The molecule has 3 aromatic rings. The average Bonchev–Trinajstić information content (AvgIpc) is 2.87. The van der Waals surface area contributed by atoms with Gasteiger partial charge >= 0.3 is 23.5 Å². The van der Waals surface area contributed by atoms with Gasteiger partial charge in [0.1, 0.15) is 17.2 Å². The molecule has 232 valence electrons. The van der Waals surface area contributed by atoms with Crippen LogP contribution in [0.2, 0.25) is 0 Å². The van der Waals surface area contributed by atoms with Crippen LogP contribution < -0.4 is 10.2 Å². The van der Waals surface area contributed by atoms with Crippen molar-refractivity contribution < 1.29 is 62.3 Å². The molecule has 0 saturated carbocycles. The first-order valence-corrected chi connectivity index (χ1v) is 12.7.